The molecule has 0 saturated heterocycles. The van der Waals surface area contributed by atoms with E-state index in [9.17, 15) is 4.79 Å². The van der Waals surface area contributed by atoms with Gasteiger partial charge in [0.2, 0.25) is 11.9 Å². The molecular formula is C30H29N7O. The third-order valence-electron chi connectivity index (χ3n) is 7.01. The molecule has 3 heterocycles. The van der Waals surface area contributed by atoms with E-state index >= 15 is 0 Å². The molecule has 0 fully saturated rings. The molecule has 1 aliphatic rings. The predicted molar refractivity (Wildman–Crippen MR) is 149 cm³/mol. The fraction of sp³-hybridized carbons (Fsp3) is 0.200. The molecule has 1 aliphatic heterocycles. The Labute approximate surface area is 221 Å². The van der Waals surface area contributed by atoms with Gasteiger partial charge in [-0.2, -0.15) is 15.1 Å². The van der Waals surface area contributed by atoms with E-state index in [-0.39, 0.29) is 5.91 Å². The second-order valence-electron chi connectivity index (χ2n) is 9.61. The van der Waals surface area contributed by atoms with Gasteiger partial charge in [0.05, 0.1) is 17.0 Å². The zero-order valence-corrected chi connectivity index (χ0v) is 21.2. The van der Waals surface area contributed by atoms with Gasteiger partial charge in [-0.1, -0.05) is 84.9 Å². The topological polar surface area (TPSA) is 98.8 Å². The monoisotopic (exact) mass is 503 g/mol. The third-order valence-corrected chi connectivity index (χ3v) is 7.01. The maximum absolute atomic E-state index is 13.5. The summed E-state index contributed by atoms with van der Waals surface area (Å²) in [5, 5.41) is 14.9. The molecule has 1 unspecified atom stereocenters. The smallest absolute Gasteiger partial charge is 0.231 e. The van der Waals surface area contributed by atoms with Crippen LogP contribution in [0.5, 0.6) is 0 Å². The van der Waals surface area contributed by atoms with Crippen LogP contribution in [0.15, 0.2) is 84.9 Å². The molecule has 0 saturated carbocycles. The normalized spacial score (nSPS) is 14.4. The van der Waals surface area contributed by atoms with Crippen LogP contribution in [0.3, 0.4) is 0 Å². The molecule has 190 valence electrons. The molecule has 5 aromatic rings. The van der Waals surface area contributed by atoms with Crippen LogP contribution in [0.1, 0.15) is 33.9 Å². The van der Waals surface area contributed by atoms with Crippen LogP contribution in [0.4, 0.5) is 11.8 Å². The molecule has 0 aliphatic carbocycles. The van der Waals surface area contributed by atoms with Crippen LogP contribution in [0.2, 0.25) is 0 Å². The number of carbonyl (C=O) groups is 1. The Balaban J connectivity index is 1.32. The first-order valence-corrected chi connectivity index (χ1v) is 12.8. The summed E-state index contributed by atoms with van der Waals surface area (Å²) < 4.78 is 0. The standard InChI is InChI=1S/C30H29N7O/c1-20-10-8-9-15-23(20)17-31-29(38)24-19-37(18-22-13-6-3-7-14-22)28-25-26(24)35-36-27(25)33-30(34-28)32-16-21-11-4-2-5-12-21/h2-15,24H,16-19H2,1H3,(H,31,38)(H2,32,33,34,35,36). The molecule has 1 amide bonds. The highest BCUT2D eigenvalue weighted by atomic mass is 16.1. The number of H-pyrrole nitrogens is 1. The van der Waals surface area contributed by atoms with E-state index in [0.29, 0.717) is 37.8 Å². The zero-order chi connectivity index (χ0) is 25.9. The first-order valence-electron chi connectivity index (χ1n) is 12.8. The summed E-state index contributed by atoms with van der Waals surface area (Å²) in [6.07, 6.45) is 0. The van der Waals surface area contributed by atoms with Crippen molar-refractivity contribution in [3.05, 3.63) is 113 Å². The zero-order valence-electron chi connectivity index (χ0n) is 21.2. The summed E-state index contributed by atoms with van der Waals surface area (Å²) in [7, 11) is 0. The molecule has 6 rings (SSSR count). The number of hydrogen-bond acceptors (Lipinski definition) is 6. The molecular weight excluding hydrogens is 474 g/mol. The highest BCUT2D eigenvalue weighted by Gasteiger charge is 2.35. The minimum atomic E-state index is -0.424. The predicted octanol–water partition coefficient (Wildman–Crippen LogP) is 4.69. The molecule has 3 aromatic carbocycles. The van der Waals surface area contributed by atoms with E-state index in [1.165, 1.54) is 0 Å². The first-order chi connectivity index (χ1) is 18.7. The lowest BCUT2D eigenvalue weighted by molar-refractivity contribution is -0.122. The van der Waals surface area contributed by atoms with E-state index in [4.69, 9.17) is 4.98 Å². The lowest BCUT2D eigenvalue weighted by Crippen LogP contribution is -2.40. The van der Waals surface area contributed by atoms with Crippen molar-refractivity contribution < 1.29 is 4.79 Å². The lowest BCUT2D eigenvalue weighted by atomic mass is 9.96. The average molecular weight is 504 g/mol. The fourth-order valence-corrected chi connectivity index (χ4v) is 4.93. The van der Waals surface area contributed by atoms with Gasteiger partial charge in [0.25, 0.3) is 0 Å². The molecule has 0 spiro atoms. The van der Waals surface area contributed by atoms with Gasteiger partial charge in [-0.25, -0.2) is 0 Å². The maximum atomic E-state index is 13.5. The van der Waals surface area contributed by atoms with Crippen molar-refractivity contribution in [1.29, 1.82) is 0 Å². The Morgan fingerprint density at radius 1 is 0.921 bits per heavy atom. The van der Waals surface area contributed by atoms with Crippen molar-refractivity contribution in [1.82, 2.24) is 25.5 Å². The number of nitrogens with zero attached hydrogens (tertiary/aromatic N) is 4. The quantitative estimate of drug-likeness (QED) is 0.284. The SMILES string of the molecule is Cc1ccccc1CNC(=O)C1CN(Cc2ccccc2)c2nc(NCc3ccccc3)nc3n[nH]c1c23. The van der Waals surface area contributed by atoms with E-state index in [1.54, 1.807) is 0 Å². The van der Waals surface area contributed by atoms with Gasteiger partial charge in [0.15, 0.2) is 5.65 Å². The van der Waals surface area contributed by atoms with Gasteiger partial charge >= 0.3 is 0 Å². The summed E-state index contributed by atoms with van der Waals surface area (Å²) >= 11 is 0. The van der Waals surface area contributed by atoms with Gasteiger partial charge in [0.1, 0.15) is 5.82 Å². The van der Waals surface area contributed by atoms with Crippen molar-refractivity contribution >= 4 is 28.7 Å². The van der Waals surface area contributed by atoms with Gasteiger partial charge in [0, 0.05) is 26.2 Å². The van der Waals surface area contributed by atoms with Gasteiger partial charge in [-0.05, 0) is 29.2 Å². The largest absolute Gasteiger partial charge is 0.351 e. The van der Waals surface area contributed by atoms with Crippen molar-refractivity contribution in [3.63, 3.8) is 0 Å². The van der Waals surface area contributed by atoms with Crippen LogP contribution in [-0.2, 0) is 24.4 Å². The van der Waals surface area contributed by atoms with Crippen molar-refractivity contribution in [2.24, 2.45) is 0 Å². The molecule has 38 heavy (non-hydrogen) atoms. The van der Waals surface area contributed by atoms with Gasteiger partial charge in [-0.15, -0.1) is 0 Å². The maximum Gasteiger partial charge on any atom is 0.231 e. The molecule has 3 N–H and O–H groups in total. The Hall–Kier alpha value is -4.72. The van der Waals surface area contributed by atoms with E-state index in [1.807, 2.05) is 54.6 Å². The molecule has 1 atom stereocenters. The Morgan fingerprint density at radius 2 is 1.63 bits per heavy atom. The summed E-state index contributed by atoms with van der Waals surface area (Å²) in [6, 6.07) is 28.5. The highest BCUT2D eigenvalue weighted by molar-refractivity contribution is 5.98. The average Bonchev–Trinajstić information content (AvgIpc) is 3.38. The number of rotatable bonds is 8. The minimum absolute atomic E-state index is 0.0474. The van der Waals surface area contributed by atoms with Crippen LogP contribution < -0.4 is 15.5 Å². The molecule has 8 nitrogen and oxygen atoms in total. The van der Waals surface area contributed by atoms with Gasteiger partial charge in [-0.3, -0.25) is 9.89 Å². The first kappa shape index (κ1) is 23.7. The molecule has 2 aromatic heterocycles. The second kappa shape index (κ2) is 10.3. The number of aryl methyl sites for hydroxylation is 1. The Kier molecular flexibility index (Phi) is 6.44. The molecule has 0 bridgehead atoms. The van der Waals surface area contributed by atoms with Crippen LogP contribution in [-0.4, -0.2) is 32.6 Å². The van der Waals surface area contributed by atoms with E-state index in [0.717, 1.165) is 39.2 Å². The second-order valence-corrected chi connectivity index (χ2v) is 9.61. The summed E-state index contributed by atoms with van der Waals surface area (Å²) in [6.45, 7) is 4.24. The highest BCUT2D eigenvalue weighted by Crippen LogP contribution is 2.37. The van der Waals surface area contributed by atoms with Crippen LogP contribution in [0.25, 0.3) is 11.0 Å². The number of aromatic amines is 1. The number of nitrogens with one attached hydrogen (secondary N) is 3. The Bertz CT molecular complexity index is 1570. The summed E-state index contributed by atoms with van der Waals surface area (Å²) in [4.78, 5) is 25.3. The van der Waals surface area contributed by atoms with Crippen molar-refractivity contribution in [3.8, 4) is 0 Å². The van der Waals surface area contributed by atoms with Crippen LogP contribution >= 0.6 is 0 Å². The van der Waals surface area contributed by atoms with Crippen molar-refractivity contribution in [2.75, 3.05) is 16.8 Å². The molecule has 8 heteroatoms. The van der Waals surface area contributed by atoms with E-state index < -0.39 is 5.92 Å². The minimum Gasteiger partial charge on any atom is -0.351 e. The van der Waals surface area contributed by atoms with Gasteiger partial charge < -0.3 is 15.5 Å². The fourth-order valence-electron chi connectivity index (χ4n) is 4.93. The summed E-state index contributed by atoms with van der Waals surface area (Å²) in [5.74, 6) is 0.816. The summed E-state index contributed by atoms with van der Waals surface area (Å²) in [5.41, 5.74) is 5.85. The number of anilines is 2. The number of carbonyl (C=O) groups excluding carboxylic acids is 1. The molecule has 0 radical (unpaired) electrons. The number of aromatic nitrogens is 4. The van der Waals surface area contributed by atoms with Crippen molar-refractivity contribution in [2.45, 2.75) is 32.5 Å². The number of benzene rings is 3. The Morgan fingerprint density at radius 3 is 2.39 bits per heavy atom. The van der Waals surface area contributed by atoms with E-state index in [2.05, 4.69) is 68.0 Å². The van der Waals surface area contributed by atoms with Crippen LogP contribution in [0, 0.1) is 6.92 Å². The number of amides is 1. The lowest BCUT2D eigenvalue weighted by Gasteiger charge is -2.32. The number of hydrogen-bond donors (Lipinski definition) is 3. The third kappa shape index (κ3) is 4.80.